The fraction of sp³-hybridized carbons (Fsp3) is 1.00. The van der Waals surface area contributed by atoms with E-state index < -0.39 is 0 Å². The first-order chi connectivity index (χ1) is 5.80. The molecule has 0 atom stereocenters. The Morgan fingerprint density at radius 2 is 0.917 bits per heavy atom. The molecular weight excluding hydrogens is 162 g/mol. The molecule has 1 aliphatic heterocycles. The van der Waals surface area contributed by atoms with Crippen LogP contribution in [0.5, 0.6) is 0 Å². The maximum absolute atomic E-state index is 5.05. The van der Waals surface area contributed by atoms with Gasteiger partial charge < -0.3 is 0 Å². The number of hydrogen-bond donors (Lipinski definition) is 0. The Hall–Kier alpha value is -0.240. The molecule has 0 N–H and O–H groups in total. The summed E-state index contributed by atoms with van der Waals surface area (Å²) in [6, 6.07) is 0. The molecule has 0 saturated carbocycles. The van der Waals surface area contributed by atoms with E-state index in [1.807, 2.05) is 0 Å². The lowest BCUT2D eigenvalue weighted by Gasteiger charge is -2.37. The molecule has 0 unspecified atom stereocenters. The van der Waals surface area contributed by atoms with Crippen LogP contribution in [0.3, 0.4) is 0 Å². The average Bonchev–Trinajstić information content (AvgIpc) is 2.16. The number of rotatable bonds is 3. The Morgan fingerprint density at radius 1 is 0.667 bits per heavy atom. The van der Waals surface area contributed by atoms with Gasteiger partial charge in [-0.25, -0.2) is 0 Å². The second kappa shape index (κ2) is 4.70. The standard InChI is InChI=1S/C6H15N3O3/c1-10-7-4-8(11-2)6-9(5-7)12-3/h4-6H2,1-3H3. The first kappa shape index (κ1) is 9.85. The molecule has 6 heteroatoms. The van der Waals surface area contributed by atoms with Crippen molar-refractivity contribution in [1.29, 1.82) is 0 Å². The number of nitrogens with zero attached hydrogens (tertiary/aromatic N) is 3. The molecule has 0 aliphatic carbocycles. The topological polar surface area (TPSA) is 37.4 Å². The molecule has 6 nitrogen and oxygen atoms in total. The summed E-state index contributed by atoms with van der Waals surface area (Å²) in [5, 5.41) is 5.16. The van der Waals surface area contributed by atoms with Gasteiger partial charge in [0, 0.05) is 0 Å². The Bertz CT molecular complexity index is 105. The largest absolute Gasteiger partial charge is 0.300 e. The van der Waals surface area contributed by atoms with E-state index in [-0.39, 0.29) is 0 Å². The molecule has 1 aliphatic rings. The van der Waals surface area contributed by atoms with Gasteiger partial charge in [0.25, 0.3) is 0 Å². The highest BCUT2D eigenvalue weighted by molar-refractivity contribution is 4.50. The lowest BCUT2D eigenvalue weighted by atomic mass is 10.7. The predicted molar refractivity (Wildman–Crippen MR) is 41.1 cm³/mol. The van der Waals surface area contributed by atoms with Crippen LogP contribution in [0, 0.1) is 0 Å². The lowest BCUT2D eigenvalue weighted by Crippen LogP contribution is -2.53. The Balaban J connectivity index is 2.41. The lowest BCUT2D eigenvalue weighted by molar-refractivity contribution is -0.348. The smallest absolute Gasteiger partial charge is 0.103 e. The summed E-state index contributed by atoms with van der Waals surface area (Å²) in [5.74, 6) is 0. The minimum absolute atomic E-state index is 0.618. The summed E-state index contributed by atoms with van der Waals surface area (Å²) in [5.41, 5.74) is 0. The number of hydrogen-bond acceptors (Lipinski definition) is 6. The van der Waals surface area contributed by atoms with Gasteiger partial charge >= 0.3 is 0 Å². The van der Waals surface area contributed by atoms with E-state index >= 15 is 0 Å². The van der Waals surface area contributed by atoms with Crippen LogP contribution in [-0.4, -0.2) is 56.5 Å². The molecule has 0 spiro atoms. The van der Waals surface area contributed by atoms with Crippen LogP contribution < -0.4 is 0 Å². The molecule has 0 aromatic heterocycles. The fourth-order valence-corrected chi connectivity index (χ4v) is 1.01. The Kier molecular flexibility index (Phi) is 3.86. The van der Waals surface area contributed by atoms with E-state index in [2.05, 4.69) is 0 Å². The van der Waals surface area contributed by atoms with Crippen molar-refractivity contribution in [3.05, 3.63) is 0 Å². The summed E-state index contributed by atoms with van der Waals surface area (Å²) < 4.78 is 0. The molecule has 0 aromatic carbocycles. The van der Waals surface area contributed by atoms with Crippen LogP contribution in [0.2, 0.25) is 0 Å². The molecule has 1 saturated heterocycles. The summed E-state index contributed by atoms with van der Waals surface area (Å²) in [6.07, 6.45) is 0. The first-order valence-corrected chi connectivity index (χ1v) is 3.67. The molecule has 0 amide bonds. The molecule has 0 aromatic rings. The van der Waals surface area contributed by atoms with Crippen molar-refractivity contribution in [3.8, 4) is 0 Å². The van der Waals surface area contributed by atoms with E-state index in [0.29, 0.717) is 20.0 Å². The molecular formula is C6H15N3O3. The second-order valence-electron chi connectivity index (χ2n) is 2.42. The van der Waals surface area contributed by atoms with Crippen LogP contribution >= 0.6 is 0 Å². The first-order valence-electron chi connectivity index (χ1n) is 3.67. The van der Waals surface area contributed by atoms with Gasteiger partial charge in [0.15, 0.2) is 0 Å². The van der Waals surface area contributed by atoms with Crippen molar-refractivity contribution in [2.75, 3.05) is 41.3 Å². The molecule has 0 bridgehead atoms. The van der Waals surface area contributed by atoms with Gasteiger partial charge in [-0.15, -0.1) is 0 Å². The van der Waals surface area contributed by atoms with Gasteiger partial charge in [0.2, 0.25) is 0 Å². The molecule has 1 rings (SSSR count). The molecule has 12 heavy (non-hydrogen) atoms. The van der Waals surface area contributed by atoms with E-state index in [1.54, 1.807) is 36.5 Å². The summed E-state index contributed by atoms with van der Waals surface area (Å²) in [4.78, 5) is 15.1. The van der Waals surface area contributed by atoms with Crippen molar-refractivity contribution in [2.24, 2.45) is 0 Å². The van der Waals surface area contributed by atoms with Crippen LogP contribution in [0.15, 0.2) is 0 Å². The molecule has 72 valence electrons. The summed E-state index contributed by atoms with van der Waals surface area (Å²) >= 11 is 0. The normalized spacial score (nSPS) is 23.2. The predicted octanol–water partition coefficient (Wildman–Crippen LogP) is -0.537. The van der Waals surface area contributed by atoms with Gasteiger partial charge in [0.1, 0.15) is 20.0 Å². The highest BCUT2D eigenvalue weighted by atomic mass is 16.7. The maximum Gasteiger partial charge on any atom is 0.103 e. The van der Waals surface area contributed by atoms with Crippen molar-refractivity contribution in [3.63, 3.8) is 0 Å². The van der Waals surface area contributed by atoms with Crippen LogP contribution in [0.25, 0.3) is 0 Å². The van der Waals surface area contributed by atoms with Crippen molar-refractivity contribution < 1.29 is 14.5 Å². The van der Waals surface area contributed by atoms with E-state index in [9.17, 15) is 0 Å². The quantitative estimate of drug-likeness (QED) is 0.576. The summed E-state index contributed by atoms with van der Waals surface area (Å²) in [6.45, 7) is 1.85. The average molecular weight is 177 g/mol. The zero-order valence-corrected chi connectivity index (χ0v) is 7.69. The Morgan fingerprint density at radius 3 is 1.08 bits per heavy atom. The maximum atomic E-state index is 5.05. The van der Waals surface area contributed by atoms with E-state index in [1.165, 1.54) is 0 Å². The number of hydroxylamine groups is 6. The van der Waals surface area contributed by atoms with Gasteiger partial charge in [0.05, 0.1) is 21.3 Å². The monoisotopic (exact) mass is 177 g/mol. The SMILES string of the molecule is CON1CN(OC)CN(OC)C1. The summed E-state index contributed by atoms with van der Waals surface area (Å²) in [7, 11) is 4.85. The highest BCUT2D eigenvalue weighted by Crippen LogP contribution is 2.06. The third-order valence-electron chi connectivity index (χ3n) is 1.72. The van der Waals surface area contributed by atoms with E-state index in [4.69, 9.17) is 14.5 Å². The van der Waals surface area contributed by atoms with Crippen molar-refractivity contribution in [1.82, 2.24) is 15.2 Å². The molecule has 1 fully saturated rings. The zero-order chi connectivity index (χ0) is 8.97. The minimum atomic E-state index is 0.618. The second-order valence-corrected chi connectivity index (χ2v) is 2.42. The van der Waals surface area contributed by atoms with Gasteiger partial charge in [-0.2, -0.15) is 15.2 Å². The van der Waals surface area contributed by atoms with Crippen LogP contribution in [-0.2, 0) is 14.5 Å². The highest BCUT2D eigenvalue weighted by Gasteiger charge is 2.23. The van der Waals surface area contributed by atoms with Gasteiger partial charge in [-0.05, 0) is 0 Å². The van der Waals surface area contributed by atoms with Crippen molar-refractivity contribution >= 4 is 0 Å². The van der Waals surface area contributed by atoms with Crippen molar-refractivity contribution in [2.45, 2.75) is 0 Å². The van der Waals surface area contributed by atoms with Gasteiger partial charge in [-0.1, -0.05) is 0 Å². The Labute approximate surface area is 72.0 Å². The van der Waals surface area contributed by atoms with Crippen LogP contribution in [0.1, 0.15) is 0 Å². The fourth-order valence-electron chi connectivity index (χ4n) is 1.01. The van der Waals surface area contributed by atoms with Gasteiger partial charge in [-0.3, -0.25) is 14.5 Å². The third-order valence-corrected chi connectivity index (χ3v) is 1.72. The molecule has 1 heterocycles. The minimum Gasteiger partial charge on any atom is -0.300 e. The third kappa shape index (κ3) is 2.37. The molecule has 0 radical (unpaired) electrons. The zero-order valence-electron chi connectivity index (χ0n) is 7.69. The van der Waals surface area contributed by atoms with E-state index in [0.717, 1.165) is 0 Å². The van der Waals surface area contributed by atoms with Crippen LogP contribution in [0.4, 0.5) is 0 Å².